The number of hydrogen-bond donors (Lipinski definition) is 2. The van der Waals surface area contributed by atoms with Gasteiger partial charge in [-0.1, -0.05) is 19.8 Å². The molecule has 1 aliphatic carbocycles. The van der Waals surface area contributed by atoms with Gasteiger partial charge >= 0.3 is 5.97 Å². The van der Waals surface area contributed by atoms with Crippen LogP contribution in [-0.2, 0) is 14.3 Å². The Hall–Kier alpha value is -1.10. The van der Waals surface area contributed by atoms with Crippen LogP contribution in [0.15, 0.2) is 0 Å². The van der Waals surface area contributed by atoms with Crippen LogP contribution in [0.1, 0.15) is 65.7 Å². The molecular weight excluding hydrogens is 258 g/mol. The first-order valence-corrected chi connectivity index (χ1v) is 7.53. The van der Waals surface area contributed by atoms with Gasteiger partial charge in [-0.15, -0.1) is 0 Å². The van der Waals surface area contributed by atoms with Gasteiger partial charge in [0.05, 0.1) is 6.10 Å². The minimum atomic E-state index is -0.846. The van der Waals surface area contributed by atoms with Gasteiger partial charge in [0.1, 0.15) is 6.10 Å². The molecule has 1 unspecified atom stereocenters. The molecule has 1 saturated carbocycles. The second kappa shape index (κ2) is 7.62. The Kier molecular flexibility index (Phi) is 6.46. The average molecular weight is 285 g/mol. The average Bonchev–Trinajstić information content (AvgIpc) is 2.85. The quantitative estimate of drug-likeness (QED) is 0.718. The van der Waals surface area contributed by atoms with Gasteiger partial charge in [0.25, 0.3) is 0 Å². The monoisotopic (exact) mass is 285 g/mol. The van der Waals surface area contributed by atoms with Gasteiger partial charge in [0.2, 0.25) is 5.91 Å². The van der Waals surface area contributed by atoms with Crippen LogP contribution in [-0.4, -0.2) is 34.7 Å². The number of aliphatic carboxylic acids is 1. The summed E-state index contributed by atoms with van der Waals surface area (Å²) in [5.41, 5.74) is -0.526. The van der Waals surface area contributed by atoms with Crippen LogP contribution < -0.4 is 5.32 Å². The Labute approximate surface area is 121 Å². The number of amides is 1. The van der Waals surface area contributed by atoms with Crippen LogP contribution in [0.2, 0.25) is 0 Å². The number of carbonyl (C=O) groups excluding carboxylic acids is 1. The molecule has 1 amide bonds. The van der Waals surface area contributed by atoms with Gasteiger partial charge in [-0.3, -0.25) is 9.59 Å². The first kappa shape index (κ1) is 17.0. The number of hydrogen-bond acceptors (Lipinski definition) is 3. The SMILES string of the molecule is CCC(OC1CCCC1)C(=O)NC(C)(C)CCC(=O)O. The fourth-order valence-electron chi connectivity index (χ4n) is 2.50. The second-order valence-electron chi connectivity index (χ2n) is 6.21. The van der Waals surface area contributed by atoms with Crippen molar-refractivity contribution in [2.45, 2.75) is 83.5 Å². The molecule has 20 heavy (non-hydrogen) atoms. The van der Waals surface area contributed by atoms with Crippen molar-refractivity contribution in [1.29, 1.82) is 0 Å². The van der Waals surface area contributed by atoms with Crippen molar-refractivity contribution < 1.29 is 19.4 Å². The molecule has 5 nitrogen and oxygen atoms in total. The highest BCUT2D eigenvalue weighted by Crippen LogP contribution is 2.23. The fraction of sp³-hybridized carbons (Fsp3) is 0.867. The van der Waals surface area contributed by atoms with E-state index < -0.39 is 17.6 Å². The van der Waals surface area contributed by atoms with E-state index in [1.807, 2.05) is 20.8 Å². The summed E-state index contributed by atoms with van der Waals surface area (Å²) in [6.07, 6.45) is 5.28. The molecule has 0 radical (unpaired) electrons. The summed E-state index contributed by atoms with van der Waals surface area (Å²) in [6.45, 7) is 5.62. The van der Waals surface area contributed by atoms with Crippen LogP contribution in [0, 0.1) is 0 Å². The number of carbonyl (C=O) groups is 2. The molecule has 0 saturated heterocycles. The maximum atomic E-state index is 12.2. The number of carboxylic acid groups (broad SMARTS) is 1. The molecule has 0 aromatic rings. The first-order valence-electron chi connectivity index (χ1n) is 7.53. The lowest BCUT2D eigenvalue weighted by Gasteiger charge is -2.29. The standard InChI is InChI=1S/C15H27NO4/c1-4-12(20-11-7-5-6-8-11)14(19)16-15(2,3)10-9-13(17)18/h11-12H,4-10H2,1-3H3,(H,16,19)(H,17,18). The Balaban J connectivity index is 2.46. The molecule has 0 spiro atoms. The third-order valence-electron chi connectivity index (χ3n) is 3.75. The summed E-state index contributed by atoms with van der Waals surface area (Å²) < 4.78 is 5.87. The van der Waals surface area contributed by atoms with Crippen LogP contribution in [0.25, 0.3) is 0 Å². The third kappa shape index (κ3) is 5.90. The van der Waals surface area contributed by atoms with Gasteiger partial charge in [-0.25, -0.2) is 0 Å². The highest BCUT2D eigenvalue weighted by atomic mass is 16.5. The lowest BCUT2D eigenvalue weighted by Crippen LogP contribution is -2.49. The normalized spacial score (nSPS) is 17.9. The predicted octanol–water partition coefficient (Wildman–Crippen LogP) is 2.48. The number of carboxylic acids is 1. The van der Waals surface area contributed by atoms with E-state index in [-0.39, 0.29) is 18.4 Å². The van der Waals surface area contributed by atoms with E-state index >= 15 is 0 Å². The maximum Gasteiger partial charge on any atom is 0.303 e. The zero-order valence-corrected chi connectivity index (χ0v) is 12.8. The van der Waals surface area contributed by atoms with Crippen LogP contribution in [0.4, 0.5) is 0 Å². The van der Waals surface area contributed by atoms with Crippen molar-refractivity contribution in [3.8, 4) is 0 Å². The Bertz CT molecular complexity index is 335. The molecule has 116 valence electrons. The van der Waals surface area contributed by atoms with Gasteiger partial charge in [-0.2, -0.15) is 0 Å². The molecule has 2 N–H and O–H groups in total. The highest BCUT2D eigenvalue weighted by molar-refractivity contribution is 5.81. The lowest BCUT2D eigenvalue weighted by molar-refractivity contribution is -0.140. The first-order chi connectivity index (χ1) is 9.34. The van der Waals surface area contributed by atoms with Gasteiger partial charge in [0.15, 0.2) is 0 Å². The zero-order chi connectivity index (χ0) is 15.2. The van der Waals surface area contributed by atoms with Crippen LogP contribution >= 0.6 is 0 Å². The third-order valence-corrected chi connectivity index (χ3v) is 3.75. The van der Waals surface area contributed by atoms with E-state index in [2.05, 4.69) is 5.32 Å². The summed E-state index contributed by atoms with van der Waals surface area (Å²) in [6, 6.07) is 0. The van der Waals surface area contributed by atoms with Crippen LogP contribution in [0.3, 0.4) is 0 Å². The molecule has 0 heterocycles. The lowest BCUT2D eigenvalue weighted by atomic mass is 9.98. The van der Waals surface area contributed by atoms with Crippen molar-refractivity contribution >= 4 is 11.9 Å². The largest absolute Gasteiger partial charge is 0.481 e. The van der Waals surface area contributed by atoms with Gasteiger partial charge in [0, 0.05) is 12.0 Å². The summed E-state index contributed by atoms with van der Waals surface area (Å²) in [4.78, 5) is 22.9. The zero-order valence-electron chi connectivity index (χ0n) is 12.8. The van der Waals surface area contributed by atoms with Crippen molar-refractivity contribution in [3.63, 3.8) is 0 Å². The fourth-order valence-corrected chi connectivity index (χ4v) is 2.50. The number of ether oxygens (including phenoxy) is 1. The topological polar surface area (TPSA) is 75.6 Å². The molecule has 0 aromatic carbocycles. The molecule has 0 aromatic heterocycles. The molecular formula is C15H27NO4. The van der Waals surface area contributed by atoms with Crippen molar-refractivity contribution in [3.05, 3.63) is 0 Å². The Morgan fingerprint density at radius 3 is 2.45 bits per heavy atom. The molecule has 5 heteroatoms. The summed E-state index contributed by atoms with van der Waals surface area (Å²) in [5, 5.41) is 11.6. The molecule has 1 atom stereocenters. The van der Waals surface area contributed by atoms with Crippen molar-refractivity contribution in [2.75, 3.05) is 0 Å². The van der Waals surface area contributed by atoms with E-state index in [1.54, 1.807) is 0 Å². The van der Waals surface area contributed by atoms with E-state index in [4.69, 9.17) is 9.84 Å². The van der Waals surface area contributed by atoms with Gasteiger partial charge < -0.3 is 15.2 Å². The summed E-state index contributed by atoms with van der Waals surface area (Å²) in [7, 11) is 0. The molecule has 1 rings (SSSR count). The smallest absolute Gasteiger partial charge is 0.303 e. The predicted molar refractivity (Wildman–Crippen MR) is 76.5 cm³/mol. The molecule has 0 bridgehead atoms. The van der Waals surface area contributed by atoms with E-state index in [0.29, 0.717) is 12.8 Å². The summed E-state index contributed by atoms with van der Waals surface area (Å²) >= 11 is 0. The highest BCUT2D eigenvalue weighted by Gasteiger charge is 2.28. The van der Waals surface area contributed by atoms with Crippen molar-refractivity contribution in [1.82, 2.24) is 5.32 Å². The molecule has 1 aliphatic rings. The van der Waals surface area contributed by atoms with Crippen LogP contribution in [0.5, 0.6) is 0 Å². The minimum Gasteiger partial charge on any atom is -0.481 e. The Morgan fingerprint density at radius 2 is 1.95 bits per heavy atom. The maximum absolute atomic E-state index is 12.2. The van der Waals surface area contributed by atoms with E-state index in [1.165, 1.54) is 12.8 Å². The minimum absolute atomic E-state index is 0.0492. The number of rotatable bonds is 8. The van der Waals surface area contributed by atoms with E-state index in [0.717, 1.165) is 12.8 Å². The Morgan fingerprint density at radius 1 is 1.35 bits per heavy atom. The van der Waals surface area contributed by atoms with Gasteiger partial charge in [-0.05, 0) is 39.5 Å². The molecule has 1 fully saturated rings. The second-order valence-corrected chi connectivity index (χ2v) is 6.21. The van der Waals surface area contributed by atoms with E-state index in [9.17, 15) is 9.59 Å². The number of nitrogens with one attached hydrogen (secondary N) is 1. The molecule has 0 aliphatic heterocycles. The summed E-state index contributed by atoms with van der Waals surface area (Å²) in [5.74, 6) is -0.976. The van der Waals surface area contributed by atoms with Crippen molar-refractivity contribution in [2.24, 2.45) is 0 Å².